The zero-order valence-electron chi connectivity index (χ0n) is 10.0. The number of benzene rings is 1. The van der Waals surface area contributed by atoms with Crippen molar-refractivity contribution in [3.05, 3.63) is 48.1 Å². The Morgan fingerprint density at radius 2 is 2.06 bits per heavy atom. The highest BCUT2D eigenvalue weighted by Crippen LogP contribution is 2.24. The standard InChI is InChI=1S/C15H18ClN/c1-2-3-4-5-6-11-17-12-10-13-14(16)8-7-9-15(13)17/h2,7-10,12H,1,3-6,11H2. The summed E-state index contributed by atoms with van der Waals surface area (Å²) >= 11 is 6.15. The van der Waals surface area contributed by atoms with Gasteiger partial charge in [0.2, 0.25) is 0 Å². The van der Waals surface area contributed by atoms with Gasteiger partial charge in [0.1, 0.15) is 0 Å². The topological polar surface area (TPSA) is 4.93 Å². The zero-order chi connectivity index (χ0) is 12.1. The summed E-state index contributed by atoms with van der Waals surface area (Å²) in [7, 11) is 0. The van der Waals surface area contributed by atoms with Crippen LogP contribution in [0, 0.1) is 0 Å². The van der Waals surface area contributed by atoms with Crippen molar-refractivity contribution in [1.29, 1.82) is 0 Å². The molecule has 0 unspecified atom stereocenters. The molecule has 0 radical (unpaired) electrons. The summed E-state index contributed by atoms with van der Waals surface area (Å²) in [5.74, 6) is 0. The van der Waals surface area contributed by atoms with Gasteiger partial charge in [0.05, 0.1) is 0 Å². The molecule has 2 heteroatoms. The van der Waals surface area contributed by atoms with Gasteiger partial charge in [-0.15, -0.1) is 6.58 Å². The molecular weight excluding hydrogens is 230 g/mol. The van der Waals surface area contributed by atoms with E-state index >= 15 is 0 Å². The van der Waals surface area contributed by atoms with Crippen LogP contribution in [0.4, 0.5) is 0 Å². The number of halogens is 1. The molecule has 90 valence electrons. The smallest absolute Gasteiger partial charge is 0.0499 e. The number of rotatable bonds is 6. The van der Waals surface area contributed by atoms with Crippen LogP contribution in [0.15, 0.2) is 43.1 Å². The van der Waals surface area contributed by atoms with E-state index < -0.39 is 0 Å². The lowest BCUT2D eigenvalue weighted by Gasteiger charge is -2.05. The van der Waals surface area contributed by atoms with Crippen LogP contribution in [0.5, 0.6) is 0 Å². The second-order valence-electron chi connectivity index (χ2n) is 4.32. The van der Waals surface area contributed by atoms with Gasteiger partial charge in [-0.05, 0) is 37.5 Å². The highest BCUT2D eigenvalue weighted by atomic mass is 35.5. The molecular formula is C15H18ClN. The lowest BCUT2D eigenvalue weighted by molar-refractivity contribution is 0.603. The molecule has 1 aromatic carbocycles. The first-order valence-corrected chi connectivity index (χ1v) is 6.55. The molecule has 0 fully saturated rings. The Kier molecular flexibility index (Phi) is 4.27. The molecule has 1 nitrogen and oxygen atoms in total. The van der Waals surface area contributed by atoms with Gasteiger partial charge < -0.3 is 4.57 Å². The summed E-state index contributed by atoms with van der Waals surface area (Å²) in [5.41, 5.74) is 1.24. The van der Waals surface area contributed by atoms with Crippen LogP contribution in [-0.2, 0) is 6.54 Å². The first-order valence-electron chi connectivity index (χ1n) is 6.17. The fourth-order valence-electron chi connectivity index (χ4n) is 2.13. The lowest BCUT2D eigenvalue weighted by Crippen LogP contribution is -1.95. The van der Waals surface area contributed by atoms with E-state index in [4.69, 9.17) is 11.6 Å². The maximum atomic E-state index is 6.15. The maximum Gasteiger partial charge on any atom is 0.0499 e. The van der Waals surface area contributed by atoms with Crippen molar-refractivity contribution in [3.8, 4) is 0 Å². The summed E-state index contributed by atoms with van der Waals surface area (Å²) in [6, 6.07) is 8.18. The van der Waals surface area contributed by atoms with Crippen molar-refractivity contribution in [1.82, 2.24) is 4.57 Å². The number of hydrogen-bond donors (Lipinski definition) is 0. The molecule has 1 heterocycles. The third-order valence-electron chi connectivity index (χ3n) is 3.07. The zero-order valence-corrected chi connectivity index (χ0v) is 10.8. The van der Waals surface area contributed by atoms with E-state index in [2.05, 4.69) is 29.5 Å². The second-order valence-corrected chi connectivity index (χ2v) is 4.73. The number of aromatic nitrogens is 1. The van der Waals surface area contributed by atoms with Crippen molar-refractivity contribution in [3.63, 3.8) is 0 Å². The van der Waals surface area contributed by atoms with Crippen molar-refractivity contribution < 1.29 is 0 Å². The molecule has 0 saturated heterocycles. The molecule has 0 aliphatic rings. The minimum Gasteiger partial charge on any atom is -0.347 e. The number of allylic oxidation sites excluding steroid dienone is 1. The number of fused-ring (bicyclic) bond motifs is 1. The van der Waals surface area contributed by atoms with Crippen molar-refractivity contribution >= 4 is 22.5 Å². The van der Waals surface area contributed by atoms with Gasteiger partial charge in [-0.2, -0.15) is 0 Å². The first-order chi connectivity index (χ1) is 8.33. The number of aryl methyl sites for hydroxylation is 1. The molecule has 2 aromatic rings. The Morgan fingerprint density at radius 1 is 1.18 bits per heavy atom. The number of unbranched alkanes of at least 4 members (excludes halogenated alkanes) is 3. The van der Waals surface area contributed by atoms with Gasteiger partial charge in [0, 0.05) is 28.7 Å². The van der Waals surface area contributed by atoms with E-state index in [0.717, 1.165) is 23.4 Å². The van der Waals surface area contributed by atoms with Gasteiger partial charge in [-0.25, -0.2) is 0 Å². The predicted molar refractivity (Wildman–Crippen MR) is 75.6 cm³/mol. The van der Waals surface area contributed by atoms with E-state index in [9.17, 15) is 0 Å². The van der Waals surface area contributed by atoms with Gasteiger partial charge in [-0.1, -0.05) is 30.2 Å². The van der Waals surface area contributed by atoms with E-state index in [-0.39, 0.29) is 0 Å². The minimum atomic E-state index is 0.841. The first kappa shape index (κ1) is 12.3. The van der Waals surface area contributed by atoms with Crippen LogP contribution >= 0.6 is 11.6 Å². The molecule has 0 aliphatic carbocycles. The van der Waals surface area contributed by atoms with E-state index in [1.165, 1.54) is 24.8 Å². The highest BCUT2D eigenvalue weighted by Gasteiger charge is 2.03. The summed E-state index contributed by atoms with van der Waals surface area (Å²) in [6.07, 6.45) is 8.95. The average Bonchev–Trinajstić information content (AvgIpc) is 2.74. The summed E-state index contributed by atoms with van der Waals surface area (Å²) < 4.78 is 2.29. The Hall–Kier alpha value is -1.21. The molecule has 0 saturated carbocycles. The largest absolute Gasteiger partial charge is 0.347 e. The molecule has 0 atom stereocenters. The van der Waals surface area contributed by atoms with E-state index in [1.807, 2.05) is 18.2 Å². The molecule has 0 spiro atoms. The quantitative estimate of drug-likeness (QED) is 0.498. The molecule has 1 aromatic heterocycles. The van der Waals surface area contributed by atoms with Crippen LogP contribution in [0.2, 0.25) is 5.02 Å². The third kappa shape index (κ3) is 2.92. The van der Waals surface area contributed by atoms with Crippen LogP contribution in [0.25, 0.3) is 10.9 Å². The van der Waals surface area contributed by atoms with Crippen LogP contribution in [0.1, 0.15) is 25.7 Å². The van der Waals surface area contributed by atoms with Crippen LogP contribution < -0.4 is 0 Å². The summed E-state index contributed by atoms with van der Waals surface area (Å²) in [5, 5.41) is 1.99. The van der Waals surface area contributed by atoms with Gasteiger partial charge in [0.25, 0.3) is 0 Å². The van der Waals surface area contributed by atoms with Gasteiger partial charge in [-0.3, -0.25) is 0 Å². The van der Waals surface area contributed by atoms with Crippen LogP contribution in [-0.4, -0.2) is 4.57 Å². The van der Waals surface area contributed by atoms with Gasteiger partial charge in [0.15, 0.2) is 0 Å². The van der Waals surface area contributed by atoms with Gasteiger partial charge >= 0.3 is 0 Å². The van der Waals surface area contributed by atoms with Crippen LogP contribution in [0.3, 0.4) is 0 Å². The second kappa shape index (κ2) is 5.92. The fourth-order valence-corrected chi connectivity index (χ4v) is 2.36. The third-order valence-corrected chi connectivity index (χ3v) is 3.40. The molecule has 2 rings (SSSR count). The van der Waals surface area contributed by atoms with E-state index in [0.29, 0.717) is 0 Å². The Balaban J connectivity index is 1.99. The number of hydrogen-bond acceptors (Lipinski definition) is 0. The molecule has 0 aliphatic heterocycles. The molecule has 0 bridgehead atoms. The Morgan fingerprint density at radius 3 is 2.88 bits per heavy atom. The highest BCUT2D eigenvalue weighted by molar-refractivity contribution is 6.35. The van der Waals surface area contributed by atoms with Crippen molar-refractivity contribution in [2.75, 3.05) is 0 Å². The van der Waals surface area contributed by atoms with Crippen molar-refractivity contribution in [2.45, 2.75) is 32.2 Å². The Bertz CT molecular complexity index is 499. The lowest BCUT2D eigenvalue weighted by atomic mass is 10.2. The minimum absolute atomic E-state index is 0.841. The molecule has 0 N–H and O–H groups in total. The fraction of sp³-hybridized carbons (Fsp3) is 0.333. The SMILES string of the molecule is C=CCCCCCn1ccc2c(Cl)cccc21. The average molecular weight is 248 g/mol. The normalized spacial score (nSPS) is 10.9. The number of nitrogens with zero attached hydrogens (tertiary/aromatic N) is 1. The molecule has 17 heavy (non-hydrogen) atoms. The molecule has 0 amide bonds. The summed E-state index contributed by atoms with van der Waals surface area (Å²) in [6.45, 7) is 4.81. The monoisotopic (exact) mass is 247 g/mol. The summed E-state index contributed by atoms with van der Waals surface area (Å²) in [4.78, 5) is 0. The predicted octanol–water partition coefficient (Wildman–Crippen LogP) is 5.04. The van der Waals surface area contributed by atoms with Crippen molar-refractivity contribution in [2.24, 2.45) is 0 Å². The Labute approximate surface area is 108 Å². The van der Waals surface area contributed by atoms with E-state index in [1.54, 1.807) is 0 Å². The maximum absolute atomic E-state index is 6.15.